The van der Waals surface area contributed by atoms with Crippen LogP contribution in [0.5, 0.6) is 0 Å². The average molecular weight is 390 g/mol. The van der Waals surface area contributed by atoms with Crippen molar-refractivity contribution < 1.29 is 9.90 Å². The fraction of sp³-hybridized carbons (Fsp3) is 0.348. The lowest BCUT2D eigenvalue weighted by Gasteiger charge is -2.35. The van der Waals surface area contributed by atoms with Gasteiger partial charge in [0.15, 0.2) is 0 Å². The van der Waals surface area contributed by atoms with Crippen LogP contribution in [0, 0.1) is 6.92 Å². The molecule has 0 bridgehead atoms. The maximum atomic E-state index is 12.2. The van der Waals surface area contributed by atoms with Crippen molar-refractivity contribution in [3.63, 3.8) is 0 Å². The topological polar surface area (TPSA) is 69.6 Å². The molecule has 1 aliphatic rings. The van der Waals surface area contributed by atoms with Crippen LogP contribution < -0.4 is 4.90 Å². The monoisotopic (exact) mass is 390 g/mol. The molecule has 6 nitrogen and oxygen atoms in total. The van der Waals surface area contributed by atoms with Gasteiger partial charge in [0.05, 0.1) is 11.2 Å². The molecule has 1 aliphatic heterocycles. The summed E-state index contributed by atoms with van der Waals surface area (Å²) in [7, 11) is 0. The Morgan fingerprint density at radius 1 is 1.03 bits per heavy atom. The van der Waals surface area contributed by atoms with Crippen LogP contribution in [-0.4, -0.2) is 58.7 Å². The van der Waals surface area contributed by atoms with E-state index >= 15 is 0 Å². The molecule has 1 amide bonds. The van der Waals surface area contributed by atoms with Crippen LogP contribution in [-0.2, 0) is 4.79 Å². The number of carbonyl (C=O) groups excluding carboxylic acids is 1. The average Bonchev–Trinajstić information content (AvgIpc) is 2.77. The van der Waals surface area contributed by atoms with Crippen LogP contribution in [0.15, 0.2) is 48.5 Å². The van der Waals surface area contributed by atoms with Crippen LogP contribution in [0.1, 0.15) is 18.4 Å². The van der Waals surface area contributed by atoms with Gasteiger partial charge in [-0.05, 0) is 25.5 Å². The highest BCUT2D eigenvalue weighted by Crippen LogP contribution is 2.29. The standard InChI is InChI=1S/C23H26N4O2/c1-17-9-10-20-19(16-17)22(18-6-3-2-4-7-18)25-23(24-20)27-13-11-26(12-14-27)21(29)8-5-15-28/h2-4,6-7,9-10,16,28H,5,8,11-15H2,1H3. The number of aryl methyl sites for hydroxylation is 1. The number of amides is 1. The Morgan fingerprint density at radius 2 is 1.79 bits per heavy atom. The predicted octanol–water partition coefficient (Wildman–Crippen LogP) is 3.03. The largest absolute Gasteiger partial charge is 0.396 e. The fourth-order valence-electron chi connectivity index (χ4n) is 3.73. The second kappa shape index (κ2) is 8.57. The number of aliphatic hydroxyl groups excluding tert-OH is 1. The van der Waals surface area contributed by atoms with Crippen LogP contribution in [0.4, 0.5) is 5.95 Å². The van der Waals surface area contributed by atoms with E-state index in [1.807, 2.05) is 23.1 Å². The van der Waals surface area contributed by atoms with Crippen molar-refractivity contribution in [1.29, 1.82) is 0 Å². The molecule has 0 atom stereocenters. The molecular formula is C23H26N4O2. The number of hydrogen-bond acceptors (Lipinski definition) is 5. The number of hydrogen-bond donors (Lipinski definition) is 1. The van der Waals surface area contributed by atoms with Gasteiger partial charge in [0, 0.05) is 50.2 Å². The first-order valence-electron chi connectivity index (χ1n) is 10.1. The van der Waals surface area contributed by atoms with Gasteiger partial charge in [-0.15, -0.1) is 0 Å². The fourth-order valence-corrected chi connectivity index (χ4v) is 3.73. The smallest absolute Gasteiger partial charge is 0.226 e. The quantitative estimate of drug-likeness (QED) is 0.725. The van der Waals surface area contributed by atoms with Gasteiger partial charge in [0.2, 0.25) is 11.9 Å². The number of aromatic nitrogens is 2. The highest BCUT2D eigenvalue weighted by atomic mass is 16.3. The maximum Gasteiger partial charge on any atom is 0.226 e. The summed E-state index contributed by atoms with van der Waals surface area (Å²) in [5.74, 6) is 0.821. The summed E-state index contributed by atoms with van der Waals surface area (Å²) in [6.07, 6.45) is 0.924. The van der Waals surface area contributed by atoms with E-state index in [-0.39, 0.29) is 12.5 Å². The Morgan fingerprint density at radius 3 is 2.52 bits per heavy atom. The molecule has 3 aromatic rings. The van der Waals surface area contributed by atoms with Crippen LogP contribution >= 0.6 is 0 Å². The third kappa shape index (κ3) is 4.22. The minimum atomic E-state index is 0.0539. The number of nitrogens with zero attached hydrogens (tertiary/aromatic N) is 4. The lowest BCUT2D eigenvalue weighted by atomic mass is 10.0. The highest BCUT2D eigenvalue weighted by Gasteiger charge is 2.23. The molecule has 0 radical (unpaired) electrons. The van der Waals surface area contributed by atoms with Gasteiger partial charge in [0.1, 0.15) is 0 Å². The zero-order valence-electron chi connectivity index (χ0n) is 16.7. The van der Waals surface area contributed by atoms with Crippen LogP contribution in [0.2, 0.25) is 0 Å². The molecule has 29 heavy (non-hydrogen) atoms. The Hall–Kier alpha value is -2.99. The first kappa shape index (κ1) is 19.3. The van der Waals surface area contributed by atoms with Crippen molar-refractivity contribution in [2.45, 2.75) is 19.8 Å². The highest BCUT2D eigenvalue weighted by molar-refractivity contribution is 5.93. The van der Waals surface area contributed by atoms with E-state index in [0.29, 0.717) is 45.0 Å². The van der Waals surface area contributed by atoms with E-state index in [2.05, 4.69) is 42.2 Å². The van der Waals surface area contributed by atoms with E-state index in [0.717, 1.165) is 22.2 Å². The molecule has 2 aromatic carbocycles. The van der Waals surface area contributed by atoms with Gasteiger partial charge in [-0.3, -0.25) is 4.79 Å². The van der Waals surface area contributed by atoms with E-state index in [1.165, 1.54) is 5.56 Å². The Balaban J connectivity index is 1.62. The van der Waals surface area contributed by atoms with Gasteiger partial charge in [-0.1, -0.05) is 42.0 Å². The molecule has 0 unspecified atom stereocenters. The number of benzene rings is 2. The zero-order valence-corrected chi connectivity index (χ0v) is 16.7. The SMILES string of the molecule is Cc1ccc2nc(N3CCN(C(=O)CCCO)CC3)nc(-c3ccccc3)c2c1. The second-order valence-corrected chi connectivity index (χ2v) is 7.45. The van der Waals surface area contributed by atoms with Crippen molar-refractivity contribution in [3.05, 3.63) is 54.1 Å². The summed E-state index contributed by atoms with van der Waals surface area (Å²) >= 11 is 0. The lowest BCUT2D eigenvalue weighted by molar-refractivity contribution is -0.131. The minimum Gasteiger partial charge on any atom is -0.396 e. The summed E-state index contributed by atoms with van der Waals surface area (Å²) in [5, 5.41) is 9.99. The molecule has 1 saturated heterocycles. The molecule has 0 spiro atoms. The molecule has 150 valence electrons. The van der Waals surface area contributed by atoms with Gasteiger partial charge < -0.3 is 14.9 Å². The number of anilines is 1. The van der Waals surface area contributed by atoms with Crippen LogP contribution in [0.25, 0.3) is 22.2 Å². The molecule has 0 aliphatic carbocycles. The third-order valence-electron chi connectivity index (χ3n) is 5.35. The first-order chi connectivity index (χ1) is 14.2. The molecule has 2 heterocycles. The Labute approximate surface area is 170 Å². The molecule has 0 saturated carbocycles. The number of fused-ring (bicyclic) bond motifs is 1. The van der Waals surface area contributed by atoms with Gasteiger partial charge >= 0.3 is 0 Å². The second-order valence-electron chi connectivity index (χ2n) is 7.45. The van der Waals surface area contributed by atoms with E-state index < -0.39 is 0 Å². The summed E-state index contributed by atoms with van der Waals surface area (Å²) in [5.41, 5.74) is 4.13. The summed E-state index contributed by atoms with van der Waals surface area (Å²) < 4.78 is 0. The van der Waals surface area contributed by atoms with Crippen molar-refractivity contribution in [2.24, 2.45) is 0 Å². The van der Waals surface area contributed by atoms with Crippen molar-refractivity contribution in [1.82, 2.24) is 14.9 Å². The summed E-state index contributed by atoms with van der Waals surface area (Å²) in [6.45, 7) is 4.85. The molecule has 1 N–H and O–H groups in total. The number of carbonyl (C=O) groups is 1. The normalized spacial score (nSPS) is 14.4. The molecular weight excluding hydrogens is 364 g/mol. The summed E-state index contributed by atoms with van der Waals surface area (Å²) in [6, 6.07) is 16.5. The molecule has 1 aromatic heterocycles. The van der Waals surface area contributed by atoms with Gasteiger partial charge in [-0.2, -0.15) is 0 Å². The molecule has 6 heteroatoms. The zero-order chi connectivity index (χ0) is 20.2. The van der Waals surface area contributed by atoms with Gasteiger partial charge in [0.25, 0.3) is 0 Å². The van der Waals surface area contributed by atoms with Crippen LogP contribution in [0.3, 0.4) is 0 Å². The molecule has 4 rings (SSSR count). The van der Waals surface area contributed by atoms with E-state index in [1.54, 1.807) is 0 Å². The molecule has 1 fully saturated rings. The first-order valence-corrected chi connectivity index (χ1v) is 10.1. The maximum absolute atomic E-state index is 12.2. The lowest BCUT2D eigenvalue weighted by Crippen LogP contribution is -2.49. The number of aliphatic hydroxyl groups is 1. The summed E-state index contributed by atoms with van der Waals surface area (Å²) in [4.78, 5) is 26.0. The number of rotatable bonds is 5. The third-order valence-corrected chi connectivity index (χ3v) is 5.35. The number of piperazine rings is 1. The van der Waals surface area contributed by atoms with Crippen molar-refractivity contribution >= 4 is 22.8 Å². The van der Waals surface area contributed by atoms with Gasteiger partial charge in [-0.25, -0.2) is 9.97 Å². The van der Waals surface area contributed by atoms with Crippen molar-refractivity contribution in [3.8, 4) is 11.3 Å². The van der Waals surface area contributed by atoms with E-state index in [9.17, 15) is 4.79 Å². The predicted molar refractivity (Wildman–Crippen MR) is 115 cm³/mol. The van der Waals surface area contributed by atoms with E-state index in [4.69, 9.17) is 15.1 Å². The van der Waals surface area contributed by atoms with Crippen molar-refractivity contribution in [2.75, 3.05) is 37.7 Å². The minimum absolute atomic E-state index is 0.0539. The Bertz CT molecular complexity index is 998. The Kier molecular flexibility index (Phi) is 5.71.